The first-order chi connectivity index (χ1) is 15.5. The van der Waals surface area contributed by atoms with Crippen molar-refractivity contribution in [1.29, 1.82) is 0 Å². The molecule has 0 saturated carbocycles. The maximum absolute atomic E-state index is 12.6. The summed E-state index contributed by atoms with van der Waals surface area (Å²) in [5, 5.41) is 2.72. The Labute approximate surface area is 191 Å². The maximum Gasteiger partial charge on any atom is 0.442 e. The van der Waals surface area contributed by atoms with E-state index in [9.17, 15) is 26.6 Å². The summed E-state index contributed by atoms with van der Waals surface area (Å²) in [7, 11) is -8.79. The fraction of sp³-hybridized carbons (Fsp3) is 0.381. The molecule has 0 heterocycles. The summed E-state index contributed by atoms with van der Waals surface area (Å²) in [6.07, 6.45) is -0.200. The number of alkyl halides is 2. The van der Waals surface area contributed by atoms with Crippen molar-refractivity contribution in [2.24, 2.45) is 0 Å². The van der Waals surface area contributed by atoms with Gasteiger partial charge in [0.15, 0.2) is 0 Å². The number of benzene rings is 2. The molecule has 0 radical (unpaired) electrons. The Morgan fingerprint density at radius 2 is 1.70 bits per heavy atom. The van der Waals surface area contributed by atoms with Crippen LogP contribution in [-0.2, 0) is 32.2 Å². The Morgan fingerprint density at radius 1 is 1.06 bits per heavy atom. The molecule has 1 unspecified atom stereocenters. The molecule has 0 aliphatic heterocycles. The van der Waals surface area contributed by atoms with Gasteiger partial charge in [-0.25, -0.2) is 17.7 Å². The number of sulfonamides is 1. The molecule has 182 valence electrons. The Hall–Kier alpha value is -2.33. The van der Waals surface area contributed by atoms with Gasteiger partial charge >= 0.3 is 13.8 Å². The van der Waals surface area contributed by atoms with Crippen molar-refractivity contribution in [3.05, 3.63) is 65.7 Å². The quantitative estimate of drug-likeness (QED) is 0.285. The van der Waals surface area contributed by atoms with Crippen LogP contribution in [0.5, 0.6) is 5.75 Å². The zero-order chi connectivity index (χ0) is 24.5. The van der Waals surface area contributed by atoms with E-state index >= 15 is 0 Å². The van der Waals surface area contributed by atoms with Crippen LogP contribution in [0.2, 0.25) is 0 Å². The van der Waals surface area contributed by atoms with Crippen LogP contribution in [-0.4, -0.2) is 44.2 Å². The van der Waals surface area contributed by atoms with Crippen LogP contribution in [0.25, 0.3) is 0 Å². The molecule has 1 amide bonds. The molecular formula is C21H27F2N2O6PS. The van der Waals surface area contributed by atoms with Crippen LogP contribution in [0.4, 0.5) is 8.78 Å². The maximum atomic E-state index is 12.6. The van der Waals surface area contributed by atoms with Gasteiger partial charge in [-0.15, -0.1) is 0 Å². The normalized spacial score (nSPS) is 14.5. The minimum absolute atomic E-state index is 0.0190. The third-order valence-corrected chi connectivity index (χ3v) is 6.23. The first-order valence-corrected chi connectivity index (χ1v) is 13.7. The molecule has 0 spiro atoms. The molecule has 0 aliphatic carbocycles. The van der Waals surface area contributed by atoms with Crippen molar-refractivity contribution in [3.63, 3.8) is 0 Å². The number of unbranched alkanes of at least 4 members (excludes halogenated alkanes) is 1. The summed E-state index contributed by atoms with van der Waals surface area (Å²) in [5.74, 6) is -0.751. The number of halogens is 2. The van der Waals surface area contributed by atoms with Crippen molar-refractivity contribution < 1.29 is 36.0 Å². The van der Waals surface area contributed by atoms with E-state index in [1.165, 1.54) is 29.8 Å². The second-order valence-corrected chi connectivity index (χ2v) is 10.9. The van der Waals surface area contributed by atoms with Gasteiger partial charge in [-0.2, -0.15) is 8.78 Å². The lowest BCUT2D eigenvalue weighted by atomic mass is 10.1. The predicted molar refractivity (Wildman–Crippen MR) is 121 cm³/mol. The molecule has 3 N–H and O–H groups in total. The van der Waals surface area contributed by atoms with Gasteiger partial charge in [-0.1, -0.05) is 42.5 Å². The van der Waals surface area contributed by atoms with Crippen LogP contribution in [0.1, 0.15) is 24.0 Å². The number of carbonyl (C=O) groups excluding carboxylic acids is 1. The SMILES string of the molecule is CS(=O)(=O)N[C@@H](Cc1ccc(OP(=O)(O)C(F)F)cc1)C(=O)NCCCCc1ccccc1. The highest BCUT2D eigenvalue weighted by Gasteiger charge is 2.34. The van der Waals surface area contributed by atoms with Crippen molar-refractivity contribution in [3.8, 4) is 5.75 Å². The molecule has 2 aromatic carbocycles. The fourth-order valence-corrected chi connectivity index (χ4v) is 4.20. The van der Waals surface area contributed by atoms with Gasteiger partial charge in [0, 0.05) is 6.54 Å². The third kappa shape index (κ3) is 10.00. The van der Waals surface area contributed by atoms with Gasteiger partial charge in [-0.05, 0) is 48.9 Å². The number of nitrogens with one attached hydrogen (secondary N) is 2. The van der Waals surface area contributed by atoms with E-state index in [1.807, 2.05) is 30.3 Å². The highest BCUT2D eigenvalue weighted by atomic mass is 32.2. The third-order valence-electron chi connectivity index (χ3n) is 4.55. The molecule has 0 aromatic heterocycles. The van der Waals surface area contributed by atoms with Crippen molar-refractivity contribution in [2.75, 3.05) is 12.8 Å². The number of hydrogen-bond donors (Lipinski definition) is 3. The molecule has 33 heavy (non-hydrogen) atoms. The second-order valence-electron chi connectivity index (χ2n) is 7.46. The average Bonchev–Trinajstić information content (AvgIpc) is 2.73. The number of rotatable bonds is 13. The number of hydrogen-bond acceptors (Lipinski definition) is 5. The molecule has 0 fully saturated rings. The van der Waals surface area contributed by atoms with E-state index in [0.717, 1.165) is 19.1 Å². The Kier molecular flexibility index (Phi) is 9.97. The summed E-state index contributed by atoms with van der Waals surface area (Å²) in [5.41, 5.74) is 1.69. The van der Waals surface area contributed by atoms with Crippen LogP contribution >= 0.6 is 7.60 Å². The zero-order valence-electron chi connectivity index (χ0n) is 18.0. The summed E-state index contributed by atoms with van der Waals surface area (Å²) in [6, 6.07) is 14.0. The van der Waals surface area contributed by atoms with E-state index in [1.54, 1.807) is 0 Å². The van der Waals surface area contributed by atoms with Crippen molar-refractivity contribution >= 4 is 23.5 Å². The number of carbonyl (C=O) groups is 1. The lowest BCUT2D eigenvalue weighted by Gasteiger charge is -2.18. The Balaban J connectivity index is 1.92. The Bertz CT molecular complexity index is 1050. The number of aryl methyl sites for hydroxylation is 1. The second kappa shape index (κ2) is 12.2. The topological polar surface area (TPSA) is 122 Å². The van der Waals surface area contributed by atoms with Gasteiger partial charge in [-0.3, -0.25) is 4.79 Å². The van der Waals surface area contributed by atoms with E-state index < -0.39 is 35.7 Å². The summed E-state index contributed by atoms with van der Waals surface area (Å²) in [6.45, 7) is 0.375. The standard InChI is InChI=1S/C21H27F2N2O6PS/c1-33(29,30)25-19(20(26)24-14-6-5-9-16-7-3-2-4-8-16)15-17-10-12-18(13-11-17)31-32(27,28)21(22)23/h2-4,7-8,10-13,19,21,25H,5-6,9,14-15H2,1H3,(H,24,26)(H,27,28)/t19-/m0/s1. The van der Waals surface area contributed by atoms with Gasteiger partial charge in [0.05, 0.1) is 6.26 Å². The van der Waals surface area contributed by atoms with Crippen LogP contribution in [0.3, 0.4) is 0 Å². The van der Waals surface area contributed by atoms with Gasteiger partial charge < -0.3 is 14.7 Å². The first-order valence-electron chi connectivity index (χ1n) is 10.1. The monoisotopic (exact) mass is 504 g/mol. The molecule has 2 rings (SSSR count). The lowest BCUT2D eigenvalue weighted by Crippen LogP contribution is -2.47. The predicted octanol–water partition coefficient (Wildman–Crippen LogP) is 3.07. The molecule has 2 aromatic rings. The van der Waals surface area contributed by atoms with Gasteiger partial charge in [0.1, 0.15) is 11.8 Å². The minimum atomic E-state index is -5.10. The summed E-state index contributed by atoms with van der Waals surface area (Å²) >= 11 is 0. The van der Waals surface area contributed by atoms with Crippen LogP contribution in [0, 0.1) is 0 Å². The van der Waals surface area contributed by atoms with E-state index in [0.29, 0.717) is 18.5 Å². The van der Waals surface area contributed by atoms with E-state index in [2.05, 4.69) is 14.6 Å². The van der Waals surface area contributed by atoms with Crippen LogP contribution in [0.15, 0.2) is 54.6 Å². The first kappa shape index (κ1) is 26.9. The summed E-state index contributed by atoms with van der Waals surface area (Å²) in [4.78, 5) is 21.7. The van der Waals surface area contributed by atoms with Gasteiger partial charge in [0.2, 0.25) is 15.9 Å². The largest absolute Gasteiger partial charge is 0.442 e. The van der Waals surface area contributed by atoms with E-state index in [-0.39, 0.29) is 12.2 Å². The van der Waals surface area contributed by atoms with Crippen molar-refractivity contribution in [2.45, 2.75) is 37.9 Å². The molecular weight excluding hydrogens is 477 g/mol. The highest BCUT2D eigenvalue weighted by Crippen LogP contribution is 2.48. The smallest absolute Gasteiger partial charge is 0.421 e. The summed E-state index contributed by atoms with van der Waals surface area (Å²) < 4.78 is 66.4. The Morgan fingerprint density at radius 3 is 2.27 bits per heavy atom. The van der Waals surface area contributed by atoms with Crippen LogP contribution < -0.4 is 14.6 Å². The minimum Gasteiger partial charge on any atom is -0.421 e. The molecule has 0 aliphatic rings. The molecule has 0 saturated heterocycles. The number of amides is 1. The molecule has 12 heteroatoms. The van der Waals surface area contributed by atoms with Crippen molar-refractivity contribution in [1.82, 2.24) is 10.0 Å². The van der Waals surface area contributed by atoms with Gasteiger partial charge in [0.25, 0.3) is 0 Å². The molecule has 0 bridgehead atoms. The fourth-order valence-electron chi connectivity index (χ4n) is 2.99. The average molecular weight is 504 g/mol. The molecule has 8 nitrogen and oxygen atoms in total. The van der Waals surface area contributed by atoms with E-state index in [4.69, 9.17) is 4.89 Å². The highest BCUT2D eigenvalue weighted by molar-refractivity contribution is 7.88. The molecule has 2 atom stereocenters. The lowest BCUT2D eigenvalue weighted by molar-refractivity contribution is -0.122. The zero-order valence-corrected chi connectivity index (χ0v) is 19.7.